The number of hydrogen-bond acceptors (Lipinski definition) is 2. The van der Waals surface area contributed by atoms with Crippen molar-refractivity contribution in [3.8, 4) is 0 Å². The summed E-state index contributed by atoms with van der Waals surface area (Å²) >= 11 is 6.23. The zero-order chi connectivity index (χ0) is 18.2. The number of benzene rings is 1. The third-order valence-corrected chi connectivity index (χ3v) is 4.11. The molecule has 0 radical (unpaired) electrons. The minimum atomic E-state index is 0.414. The van der Waals surface area contributed by atoms with Crippen LogP contribution in [0.5, 0.6) is 0 Å². The van der Waals surface area contributed by atoms with Crippen LogP contribution >= 0.6 is 11.6 Å². The van der Waals surface area contributed by atoms with Crippen molar-refractivity contribution in [2.24, 2.45) is 4.99 Å². The molecule has 1 atom stereocenters. The topological polar surface area (TPSA) is 36.4 Å². The zero-order valence-electron chi connectivity index (χ0n) is 15.6. The maximum atomic E-state index is 6.23. The molecular formula is C21H28ClN3. The fraction of sp³-hybridized carbons (Fsp3) is 0.381. The van der Waals surface area contributed by atoms with Gasteiger partial charge >= 0.3 is 0 Å². The first-order valence-corrected chi connectivity index (χ1v) is 9.34. The van der Waals surface area contributed by atoms with Crippen molar-refractivity contribution >= 4 is 34.9 Å². The number of halogens is 1. The second kappa shape index (κ2) is 9.47. The molecule has 2 rings (SSSR count). The fourth-order valence-corrected chi connectivity index (χ4v) is 2.76. The van der Waals surface area contributed by atoms with Gasteiger partial charge in [-0.3, -0.25) is 0 Å². The number of amidine groups is 1. The standard InChI is InChI=1S/C21H28ClN3/c1-5-7-8-20(22)25-21(13-15(3)4)24-18-11-12-19-16(14-18)9-10-17(6-2)23-19/h8-14,17,23H,5-7H2,1-4H3,(H,24,25). The van der Waals surface area contributed by atoms with Gasteiger partial charge in [0.25, 0.3) is 0 Å². The molecule has 1 heterocycles. The van der Waals surface area contributed by atoms with E-state index in [0.29, 0.717) is 11.2 Å². The molecule has 1 unspecified atom stereocenters. The summed E-state index contributed by atoms with van der Waals surface area (Å²) in [5.74, 6) is 0.747. The number of unbranched alkanes of at least 4 members (excludes halogenated alkanes) is 1. The third kappa shape index (κ3) is 6.09. The zero-order valence-corrected chi connectivity index (χ0v) is 16.3. The highest BCUT2D eigenvalue weighted by Crippen LogP contribution is 2.27. The maximum Gasteiger partial charge on any atom is 0.132 e. The minimum absolute atomic E-state index is 0.414. The van der Waals surface area contributed by atoms with Crippen molar-refractivity contribution in [1.29, 1.82) is 0 Å². The highest BCUT2D eigenvalue weighted by molar-refractivity contribution is 6.30. The van der Waals surface area contributed by atoms with Crippen LogP contribution in [0.15, 0.2) is 52.1 Å². The Morgan fingerprint density at radius 2 is 2.12 bits per heavy atom. The Balaban J connectivity index is 2.22. The van der Waals surface area contributed by atoms with Gasteiger partial charge in [0, 0.05) is 17.4 Å². The van der Waals surface area contributed by atoms with Gasteiger partial charge in [0.1, 0.15) is 11.0 Å². The van der Waals surface area contributed by atoms with Gasteiger partial charge in [-0.15, -0.1) is 0 Å². The van der Waals surface area contributed by atoms with Gasteiger partial charge in [0.15, 0.2) is 0 Å². The number of nitrogens with zero attached hydrogens (tertiary/aromatic N) is 1. The van der Waals surface area contributed by atoms with Crippen molar-refractivity contribution < 1.29 is 0 Å². The second-order valence-electron chi connectivity index (χ2n) is 6.48. The van der Waals surface area contributed by atoms with Crippen LogP contribution in [-0.2, 0) is 0 Å². The number of anilines is 2. The molecule has 1 aromatic rings. The van der Waals surface area contributed by atoms with E-state index in [2.05, 4.69) is 59.8 Å². The lowest BCUT2D eigenvalue weighted by molar-refractivity contribution is 0.831. The molecule has 0 spiro atoms. The van der Waals surface area contributed by atoms with Crippen LogP contribution in [0.3, 0.4) is 0 Å². The summed E-state index contributed by atoms with van der Waals surface area (Å²) in [5, 5.41) is 7.43. The van der Waals surface area contributed by atoms with E-state index in [1.54, 1.807) is 0 Å². The van der Waals surface area contributed by atoms with Crippen molar-refractivity contribution in [3.63, 3.8) is 0 Å². The summed E-state index contributed by atoms with van der Waals surface area (Å²) in [7, 11) is 0. The Morgan fingerprint density at radius 3 is 2.80 bits per heavy atom. The van der Waals surface area contributed by atoms with Crippen molar-refractivity contribution in [2.45, 2.75) is 53.0 Å². The molecule has 1 aromatic carbocycles. The molecule has 1 aliphatic rings. The Bertz CT molecular complexity index is 710. The van der Waals surface area contributed by atoms with Gasteiger partial charge in [0.05, 0.1) is 0 Å². The van der Waals surface area contributed by atoms with E-state index in [1.807, 2.05) is 26.0 Å². The van der Waals surface area contributed by atoms with E-state index >= 15 is 0 Å². The first-order valence-electron chi connectivity index (χ1n) is 8.96. The van der Waals surface area contributed by atoms with Crippen LogP contribution in [0, 0.1) is 0 Å². The summed E-state index contributed by atoms with van der Waals surface area (Å²) in [6.45, 7) is 8.40. The fourth-order valence-electron chi connectivity index (χ4n) is 2.56. The Morgan fingerprint density at radius 1 is 1.32 bits per heavy atom. The molecule has 134 valence electrons. The molecule has 25 heavy (non-hydrogen) atoms. The molecule has 0 amide bonds. The molecule has 0 aliphatic carbocycles. The van der Waals surface area contributed by atoms with Crippen molar-refractivity contribution in [2.75, 3.05) is 10.6 Å². The summed E-state index contributed by atoms with van der Waals surface area (Å²) in [6.07, 6.45) is 11.4. The van der Waals surface area contributed by atoms with Gasteiger partial charge in [0.2, 0.25) is 0 Å². The highest BCUT2D eigenvalue weighted by Gasteiger charge is 2.11. The van der Waals surface area contributed by atoms with E-state index in [9.17, 15) is 0 Å². The van der Waals surface area contributed by atoms with Gasteiger partial charge in [-0.2, -0.15) is 0 Å². The lowest BCUT2D eigenvalue weighted by Gasteiger charge is -2.22. The summed E-state index contributed by atoms with van der Waals surface area (Å²) < 4.78 is 0. The number of fused-ring (bicyclic) bond motifs is 1. The van der Waals surface area contributed by atoms with E-state index in [1.165, 1.54) is 11.3 Å². The molecule has 0 bridgehead atoms. The molecule has 3 nitrogen and oxygen atoms in total. The first-order chi connectivity index (χ1) is 12.0. The Kier molecular flexibility index (Phi) is 7.32. The van der Waals surface area contributed by atoms with Crippen LogP contribution in [-0.4, -0.2) is 11.9 Å². The quantitative estimate of drug-likeness (QED) is 0.343. The number of aliphatic imine (C=N–C) groups is 1. The smallest absolute Gasteiger partial charge is 0.132 e. The van der Waals surface area contributed by atoms with Crippen LogP contribution in [0.1, 0.15) is 52.5 Å². The molecule has 4 heteroatoms. The van der Waals surface area contributed by atoms with Gasteiger partial charge < -0.3 is 10.6 Å². The molecule has 2 N–H and O–H groups in total. The van der Waals surface area contributed by atoms with Crippen LogP contribution in [0.4, 0.5) is 11.4 Å². The highest BCUT2D eigenvalue weighted by atomic mass is 35.5. The number of hydrogen-bond donors (Lipinski definition) is 2. The average Bonchev–Trinajstić information content (AvgIpc) is 2.58. The summed E-state index contributed by atoms with van der Waals surface area (Å²) in [5.41, 5.74) is 4.51. The number of nitrogens with one attached hydrogen (secondary N) is 2. The normalized spacial score (nSPS) is 16.9. The average molecular weight is 358 g/mol. The SMILES string of the molecule is CCCC=C(Cl)N=C(C=C(C)C)Nc1ccc2c(c1)C=CC(CC)N2. The number of rotatable bonds is 6. The predicted octanol–water partition coefficient (Wildman–Crippen LogP) is 6.56. The molecular weight excluding hydrogens is 330 g/mol. The summed E-state index contributed by atoms with van der Waals surface area (Å²) in [6, 6.07) is 6.72. The lowest BCUT2D eigenvalue weighted by atomic mass is 10.0. The van der Waals surface area contributed by atoms with Crippen LogP contribution in [0.2, 0.25) is 0 Å². The Labute approximate surface area is 156 Å². The van der Waals surface area contributed by atoms with E-state index in [-0.39, 0.29) is 0 Å². The molecule has 0 saturated carbocycles. The lowest BCUT2D eigenvalue weighted by Crippen LogP contribution is -2.19. The van der Waals surface area contributed by atoms with E-state index in [4.69, 9.17) is 11.6 Å². The van der Waals surface area contributed by atoms with Crippen molar-refractivity contribution in [1.82, 2.24) is 0 Å². The molecule has 0 aromatic heterocycles. The summed E-state index contributed by atoms with van der Waals surface area (Å²) in [4.78, 5) is 4.51. The predicted molar refractivity (Wildman–Crippen MR) is 113 cm³/mol. The second-order valence-corrected chi connectivity index (χ2v) is 6.87. The third-order valence-electron chi connectivity index (χ3n) is 3.87. The van der Waals surface area contributed by atoms with E-state index in [0.717, 1.165) is 36.4 Å². The molecule has 0 fully saturated rings. The monoisotopic (exact) mass is 357 g/mol. The van der Waals surface area contributed by atoms with Crippen LogP contribution < -0.4 is 10.6 Å². The largest absolute Gasteiger partial charge is 0.378 e. The number of allylic oxidation sites excluding steroid dienone is 2. The van der Waals surface area contributed by atoms with Gasteiger partial charge in [-0.05, 0) is 62.6 Å². The molecule has 0 saturated heterocycles. The maximum absolute atomic E-state index is 6.23. The first kappa shape index (κ1) is 19.3. The van der Waals surface area contributed by atoms with E-state index < -0.39 is 0 Å². The van der Waals surface area contributed by atoms with Gasteiger partial charge in [-0.1, -0.05) is 49.6 Å². The Hall–Kier alpha value is -2.00. The minimum Gasteiger partial charge on any atom is -0.378 e. The van der Waals surface area contributed by atoms with Crippen LogP contribution in [0.25, 0.3) is 6.08 Å². The van der Waals surface area contributed by atoms with Crippen molar-refractivity contribution in [3.05, 3.63) is 52.7 Å². The van der Waals surface area contributed by atoms with Gasteiger partial charge in [-0.25, -0.2) is 4.99 Å². The molecule has 1 aliphatic heterocycles.